The summed E-state index contributed by atoms with van der Waals surface area (Å²) in [6.07, 6.45) is 0.757. The summed E-state index contributed by atoms with van der Waals surface area (Å²) in [5.41, 5.74) is 0.885. The molecular formula is C20H28N2O5. The summed E-state index contributed by atoms with van der Waals surface area (Å²) < 4.78 is 10.2. The maximum Gasteiger partial charge on any atom is 0.410 e. The monoisotopic (exact) mass is 376 g/mol. The van der Waals surface area contributed by atoms with Crippen molar-refractivity contribution in [2.45, 2.75) is 45.4 Å². The maximum atomic E-state index is 13.0. The molecule has 0 saturated carbocycles. The Bertz CT molecular complexity index is 662. The molecular weight excluding hydrogens is 348 g/mol. The first kappa shape index (κ1) is 20.7. The van der Waals surface area contributed by atoms with E-state index in [1.165, 1.54) is 16.9 Å². The Morgan fingerprint density at radius 3 is 2.48 bits per heavy atom. The van der Waals surface area contributed by atoms with Gasteiger partial charge in [-0.3, -0.25) is 9.69 Å². The maximum absolute atomic E-state index is 13.0. The molecule has 1 aromatic rings. The van der Waals surface area contributed by atoms with Gasteiger partial charge < -0.3 is 14.4 Å². The summed E-state index contributed by atoms with van der Waals surface area (Å²) >= 11 is 0. The van der Waals surface area contributed by atoms with Crippen molar-refractivity contribution in [1.29, 1.82) is 0 Å². The fourth-order valence-corrected chi connectivity index (χ4v) is 3.41. The van der Waals surface area contributed by atoms with Crippen LogP contribution in [0.25, 0.3) is 0 Å². The van der Waals surface area contributed by atoms with Crippen LogP contribution in [0.4, 0.5) is 4.79 Å². The Morgan fingerprint density at radius 1 is 1.22 bits per heavy atom. The van der Waals surface area contributed by atoms with Gasteiger partial charge in [0, 0.05) is 13.6 Å². The average molecular weight is 376 g/mol. The molecule has 1 aliphatic heterocycles. The molecule has 1 aliphatic rings. The van der Waals surface area contributed by atoms with Crippen molar-refractivity contribution in [2.24, 2.45) is 5.92 Å². The lowest BCUT2D eigenvalue weighted by molar-refractivity contribution is -0.155. The van der Waals surface area contributed by atoms with Crippen LogP contribution in [0.1, 0.15) is 32.3 Å². The molecule has 0 aliphatic carbocycles. The highest BCUT2D eigenvalue weighted by Gasteiger charge is 2.40. The Labute approximate surface area is 160 Å². The van der Waals surface area contributed by atoms with E-state index in [9.17, 15) is 14.4 Å². The molecule has 7 heteroatoms. The van der Waals surface area contributed by atoms with Gasteiger partial charge in [-0.25, -0.2) is 9.59 Å². The predicted octanol–water partition coefficient (Wildman–Crippen LogP) is 2.44. The zero-order valence-electron chi connectivity index (χ0n) is 16.4. The van der Waals surface area contributed by atoms with Gasteiger partial charge in [-0.1, -0.05) is 44.2 Å². The van der Waals surface area contributed by atoms with Crippen molar-refractivity contribution in [3.8, 4) is 0 Å². The molecule has 1 saturated heterocycles. The van der Waals surface area contributed by atoms with Crippen LogP contribution in [0.3, 0.4) is 0 Å². The van der Waals surface area contributed by atoms with E-state index in [-0.39, 0.29) is 18.4 Å². The molecule has 0 radical (unpaired) electrons. The molecule has 148 valence electrons. The lowest BCUT2D eigenvalue weighted by Crippen LogP contribution is -2.53. The Balaban J connectivity index is 2.04. The highest BCUT2D eigenvalue weighted by atomic mass is 16.6. The standard InChI is InChI=1S/C20H28N2O5/c1-14(2)17(19(24)26-4)21(3)18(23)16-11-8-12-22(16)20(25)27-13-15-9-6-5-7-10-15/h5-7,9-10,14,16-17H,8,11-13H2,1-4H3/t16-,17-/m0/s1. The minimum atomic E-state index is -0.690. The third kappa shape index (κ3) is 4.99. The predicted molar refractivity (Wildman–Crippen MR) is 99.8 cm³/mol. The van der Waals surface area contributed by atoms with Crippen LogP contribution >= 0.6 is 0 Å². The number of benzene rings is 1. The molecule has 2 amide bonds. The SMILES string of the molecule is COC(=O)[C@H](C(C)C)N(C)C(=O)[C@@H]1CCCN1C(=O)OCc1ccccc1. The third-order valence-electron chi connectivity index (χ3n) is 4.82. The quantitative estimate of drug-likeness (QED) is 0.713. The zero-order chi connectivity index (χ0) is 20.0. The fraction of sp³-hybridized carbons (Fsp3) is 0.550. The number of likely N-dealkylation sites (tertiary alicyclic amines) is 1. The van der Waals surface area contributed by atoms with Crippen molar-refractivity contribution in [3.63, 3.8) is 0 Å². The molecule has 0 spiro atoms. The smallest absolute Gasteiger partial charge is 0.410 e. The van der Waals surface area contributed by atoms with Gasteiger partial charge in [0.1, 0.15) is 18.7 Å². The number of amides is 2. The summed E-state index contributed by atoms with van der Waals surface area (Å²) in [6, 6.07) is 8.07. The minimum Gasteiger partial charge on any atom is -0.467 e. The van der Waals surface area contributed by atoms with E-state index in [0.717, 1.165) is 12.0 Å². The van der Waals surface area contributed by atoms with Crippen molar-refractivity contribution in [2.75, 3.05) is 20.7 Å². The van der Waals surface area contributed by atoms with Crippen LogP contribution in [-0.2, 0) is 25.7 Å². The van der Waals surface area contributed by atoms with Gasteiger partial charge in [0.2, 0.25) is 5.91 Å². The summed E-state index contributed by atoms with van der Waals surface area (Å²) in [5, 5.41) is 0. The molecule has 7 nitrogen and oxygen atoms in total. The molecule has 2 atom stereocenters. The van der Waals surface area contributed by atoms with Crippen LogP contribution in [0.15, 0.2) is 30.3 Å². The number of esters is 1. The van der Waals surface area contributed by atoms with Crippen LogP contribution in [0.2, 0.25) is 0 Å². The van der Waals surface area contributed by atoms with E-state index in [0.29, 0.717) is 13.0 Å². The van der Waals surface area contributed by atoms with E-state index in [2.05, 4.69) is 0 Å². The molecule has 0 unspecified atom stereocenters. The Kier molecular flexibility index (Phi) is 7.21. The van der Waals surface area contributed by atoms with Gasteiger partial charge in [-0.05, 0) is 24.3 Å². The van der Waals surface area contributed by atoms with E-state index in [1.807, 2.05) is 44.2 Å². The molecule has 1 heterocycles. The van der Waals surface area contributed by atoms with E-state index in [1.54, 1.807) is 7.05 Å². The number of nitrogens with zero attached hydrogens (tertiary/aromatic N) is 2. The first-order chi connectivity index (χ1) is 12.9. The highest BCUT2D eigenvalue weighted by Crippen LogP contribution is 2.23. The first-order valence-corrected chi connectivity index (χ1v) is 9.18. The second-order valence-electron chi connectivity index (χ2n) is 7.05. The fourth-order valence-electron chi connectivity index (χ4n) is 3.41. The second kappa shape index (κ2) is 9.39. The largest absolute Gasteiger partial charge is 0.467 e. The summed E-state index contributed by atoms with van der Waals surface area (Å²) in [4.78, 5) is 40.4. The topological polar surface area (TPSA) is 76.2 Å². The number of hydrogen-bond acceptors (Lipinski definition) is 5. The summed E-state index contributed by atoms with van der Waals surface area (Å²) in [5.74, 6) is -0.836. The van der Waals surface area contributed by atoms with E-state index in [4.69, 9.17) is 9.47 Å². The summed E-state index contributed by atoms with van der Waals surface area (Å²) in [7, 11) is 2.88. The molecule has 0 bridgehead atoms. The normalized spacial score (nSPS) is 17.5. The van der Waals surface area contributed by atoms with Crippen LogP contribution in [0, 0.1) is 5.92 Å². The number of likely N-dealkylation sites (N-methyl/N-ethyl adjacent to an activating group) is 1. The molecule has 27 heavy (non-hydrogen) atoms. The number of methoxy groups -OCH3 is 1. The van der Waals surface area contributed by atoms with E-state index < -0.39 is 24.1 Å². The lowest BCUT2D eigenvalue weighted by atomic mass is 10.0. The first-order valence-electron chi connectivity index (χ1n) is 9.18. The zero-order valence-corrected chi connectivity index (χ0v) is 16.4. The number of hydrogen-bond donors (Lipinski definition) is 0. The van der Waals surface area contributed by atoms with Gasteiger partial charge in [-0.2, -0.15) is 0 Å². The highest BCUT2D eigenvalue weighted by molar-refractivity contribution is 5.90. The van der Waals surface area contributed by atoms with Gasteiger partial charge in [0.05, 0.1) is 7.11 Å². The Morgan fingerprint density at radius 2 is 1.89 bits per heavy atom. The Hall–Kier alpha value is -2.57. The van der Waals surface area contributed by atoms with Crippen LogP contribution < -0.4 is 0 Å². The van der Waals surface area contributed by atoms with Gasteiger partial charge >= 0.3 is 12.1 Å². The van der Waals surface area contributed by atoms with Crippen molar-refractivity contribution in [1.82, 2.24) is 9.80 Å². The third-order valence-corrected chi connectivity index (χ3v) is 4.82. The lowest BCUT2D eigenvalue weighted by Gasteiger charge is -2.33. The molecule has 0 N–H and O–H groups in total. The molecule has 0 aromatic heterocycles. The van der Waals surface area contributed by atoms with Gasteiger partial charge in [-0.15, -0.1) is 0 Å². The number of carbonyl (C=O) groups is 3. The van der Waals surface area contributed by atoms with Crippen LogP contribution in [0.5, 0.6) is 0 Å². The van der Waals surface area contributed by atoms with Crippen LogP contribution in [-0.4, -0.2) is 60.6 Å². The number of ether oxygens (including phenoxy) is 2. The number of carbonyl (C=O) groups excluding carboxylic acids is 3. The van der Waals surface area contributed by atoms with Gasteiger partial charge in [0.25, 0.3) is 0 Å². The van der Waals surface area contributed by atoms with Crippen molar-refractivity contribution < 1.29 is 23.9 Å². The molecule has 2 rings (SSSR count). The van der Waals surface area contributed by atoms with Gasteiger partial charge in [0.15, 0.2) is 0 Å². The number of rotatable bonds is 6. The molecule has 1 aromatic carbocycles. The van der Waals surface area contributed by atoms with Crippen molar-refractivity contribution in [3.05, 3.63) is 35.9 Å². The van der Waals surface area contributed by atoms with E-state index >= 15 is 0 Å². The van der Waals surface area contributed by atoms with Crippen molar-refractivity contribution >= 4 is 18.0 Å². The molecule has 1 fully saturated rings. The second-order valence-corrected chi connectivity index (χ2v) is 7.05. The summed E-state index contributed by atoms with van der Waals surface area (Å²) in [6.45, 7) is 4.32. The average Bonchev–Trinajstić information content (AvgIpc) is 3.15. The minimum absolute atomic E-state index is 0.105.